The molecule has 4 rings (SSSR count). The Balaban J connectivity index is 0.00000131. The van der Waals surface area contributed by atoms with Gasteiger partial charge in [0.25, 0.3) is 5.89 Å². The molecule has 2 aromatic heterocycles. The number of halogens is 2. The van der Waals surface area contributed by atoms with E-state index in [1.54, 1.807) is 6.33 Å². The molecule has 27 heavy (non-hydrogen) atoms. The third-order valence-corrected chi connectivity index (χ3v) is 4.33. The van der Waals surface area contributed by atoms with Crippen molar-refractivity contribution in [2.45, 2.75) is 19.4 Å². The van der Waals surface area contributed by atoms with Crippen LogP contribution < -0.4 is 10.2 Å². The molecule has 0 bridgehead atoms. The molecule has 0 saturated heterocycles. The van der Waals surface area contributed by atoms with Gasteiger partial charge in [-0.05, 0) is 25.1 Å². The molecule has 1 N–H and O–H groups in total. The van der Waals surface area contributed by atoms with Crippen LogP contribution >= 0.6 is 24.8 Å². The first-order valence-electron chi connectivity index (χ1n) is 8.44. The van der Waals surface area contributed by atoms with Gasteiger partial charge < -0.3 is 14.7 Å². The average molecular weight is 409 g/mol. The minimum absolute atomic E-state index is 0. The van der Waals surface area contributed by atoms with E-state index in [2.05, 4.69) is 30.3 Å². The molecule has 0 aliphatic carbocycles. The van der Waals surface area contributed by atoms with Crippen LogP contribution in [0.3, 0.4) is 0 Å². The van der Waals surface area contributed by atoms with Crippen molar-refractivity contribution in [2.24, 2.45) is 0 Å². The predicted octanol–water partition coefficient (Wildman–Crippen LogP) is 2.69. The number of benzene rings is 1. The van der Waals surface area contributed by atoms with E-state index in [1.165, 1.54) is 5.56 Å². The quantitative estimate of drug-likeness (QED) is 0.710. The van der Waals surface area contributed by atoms with Gasteiger partial charge in [-0.15, -0.1) is 24.8 Å². The summed E-state index contributed by atoms with van der Waals surface area (Å²) in [6.07, 6.45) is 3.50. The molecule has 3 heterocycles. The van der Waals surface area contributed by atoms with Crippen LogP contribution in [0.5, 0.6) is 0 Å². The summed E-state index contributed by atoms with van der Waals surface area (Å²) < 4.78 is 5.39. The molecule has 3 aromatic rings. The fourth-order valence-electron chi connectivity index (χ4n) is 3.09. The lowest BCUT2D eigenvalue weighted by atomic mass is 10.1. The highest BCUT2D eigenvalue weighted by molar-refractivity contribution is 5.85. The van der Waals surface area contributed by atoms with E-state index in [0.717, 1.165) is 43.0 Å². The maximum Gasteiger partial charge on any atom is 0.257 e. The Morgan fingerprint density at radius 1 is 1.07 bits per heavy atom. The van der Waals surface area contributed by atoms with Crippen LogP contribution in [-0.4, -0.2) is 40.2 Å². The first kappa shape index (κ1) is 21.1. The van der Waals surface area contributed by atoms with Crippen LogP contribution in [-0.2, 0) is 19.4 Å². The topological polar surface area (TPSA) is 80.0 Å². The van der Waals surface area contributed by atoms with E-state index in [-0.39, 0.29) is 24.8 Å². The van der Waals surface area contributed by atoms with Gasteiger partial charge in [0.1, 0.15) is 12.1 Å². The predicted molar refractivity (Wildman–Crippen MR) is 109 cm³/mol. The molecule has 0 radical (unpaired) electrons. The normalized spacial score (nSPS) is 12.9. The fraction of sp³-hybridized carbons (Fsp3) is 0.333. The van der Waals surface area contributed by atoms with Gasteiger partial charge in [-0.1, -0.05) is 23.4 Å². The average Bonchev–Trinajstić information content (AvgIpc) is 2.97. The number of anilines is 1. The van der Waals surface area contributed by atoms with E-state index in [4.69, 9.17) is 4.52 Å². The zero-order valence-corrected chi connectivity index (χ0v) is 16.6. The van der Waals surface area contributed by atoms with Crippen LogP contribution in [0.2, 0.25) is 0 Å². The van der Waals surface area contributed by atoms with Gasteiger partial charge in [-0.25, -0.2) is 9.97 Å². The van der Waals surface area contributed by atoms with Gasteiger partial charge in [-0.3, -0.25) is 0 Å². The van der Waals surface area contributed by atoms with Crippen molar-refractivity contribution in [1.29, 1.82) is 0 Å². The minimum Gasteiger partial charge on any atom is -0.352 e. The zero-order chi connectivity index (χ0) is 17.1. The van der Waals surface area contributed by atoms with E-state index < -0.39 is 0 Å². The maximum atomic E-state index is 5.39. The Morgan fingerprint density at radius 3 is 2.67 bits per heavy atom. The summed E-state index contributed by atoms with van der Waals surface area (Å²) in [5.41, 5.74) is 3.26. The number of aromatic nitrogens is 4. The third kappa shape index (κ3) is 4.74. The van der Waals surface area contributed by atoms with Gasteiger partial charge in [0.2, 0.25) is 0 Å². The number of fused-ring (bicyclic) bond motifs is 1. The largest absolute Gasteiger partial charge is 0.352 e. The molecule has 0 spiro atoms. The van der Waals surface area contributed by atoms with Crippen molar-refractivity contribution < 1.29 is 4.52 Å². The van der Waals surface area contributed by atoms with E-state index in [1.807, 2.05) is 37.4 Å². The fourth-order valence-corrected chi connectivity index (χ4v) is 3.09. The molecule has 1 aromatic carbocycles. The molecule has 1 aliphatic rings. The zero-order valence-electron chi connectivity index (χ0n) is 15.0. The molecular weight excluding hydrogens is 387 g/mol. The van der Waals surface area contributed by atoms with Gasteiger partial charge in [-0.2, -0.15) is 4.98 Å². The van der Waals surface area contributed by atoms with Gasteiger partial charge in [0.05, 0.1) is 12.2 Å². The molecule has 144 valence electrons. The Bertz CT molecular complexity index is 858. The van der Waals surface area contributed by atoms with Crippen LogP contribution in [0.1, 0.15) is 17.1 Å². The maximum absolute atomic E-state index is 5.39. The molecule has 0 amide bonds. The molecule has 1 aliphatic heterocycles. The highest BCUT2D eigenvalue weighted by atomic mass is 35.5. The van der Waals surface area contributed by atoms with E-state index in [9.17, 15) is 0 Å². The summed E-state index contributed by atoms with van der Waals surface area (Å²) in [5, 5.41) is 7.51. The summed E-state index contributed by atoms with van der Waals surface area (Å²) in [6.45, 7) is 2.44. The highest BCUT2D eigenvalue weighted by Gasteiger charge is 2.18. The molecule has 7 nitrogen and oxygen atoms in total. The van der Waals surface area contributed by atoms with Crippen molar-refractivity contribution in [3.8, 4) is 11.5 Å². The molecule has 0 fully saturated rings. The van der Waals surface area contributed by atoms with E-state index in [0.29, 0.717) is 18.3 Å². The molecule has 0 saturated carbocycles. The summed E-state index contributed by atoms with van der Waals surface area (Å²) in [7, 11) is 2.00. The number of hydrogen-bond donors (Lipinski definition) is 1. The summed E-state index contributed by atoms with van der Waals surface area (Å²) in [5.74, 6) is 2.12. The lowest BCUT2D eigenvalue weighted by Gasteiger charge is -2.20. The number of nitrogens with one attached hydrogen (secondary N) is 1. The van der Waals surface area contributed by atoms with Crippen molar-refractivity contribution >= 4 is 30.6 Å². The van der Waals surface area contributed by atoms with Crippen LogP contribution in [0.15, 0.2) is 41.2 Å². The lowest BCUT2D eigenvalue weighted by Crippen LogP contribution is -2.21. The first-order chi connectivity index (χ1) is 12.3. The molecule has 9 heteroatoms. The first-order valence-corrected chi connectivity index (χ1v) is 8.44. The molecule has 0 atom stereocenters. The third-order valence-electron chi connectivity index (χ3n) is 4.33. The Hall–Kier alpha value is -2.22. The standard InChI is InChI=1S/C18H20N6O.2ClH/c1-24(17-14-7-9-19-10-8-15(14)20-12-21-17)11-16-22-18(25-23-16)13-5-3-2-4-6-13;;/h2-6,12,19H,7-11H2,1H3;2*1H. The summed E-state index contributed by atoms with van der Waals surface area (Å²) >= 11 is 0. The molecule has 0 unspecified atom stereocenters. The van der Waals surface area contributed by atoms with E-state index >= 15 is 0 Å². The van der Waals surface area contributed by atoms with Gasteiger partial charge >= 0.3 is 0 Å². The molecular formula is C18H22Cl2N6O. The summed E-state index contributed by atoms with van der Waals surface area (Å²) in [4.78, 5) is 15.5. The van der Waals surface area contributed by atoms with Crippen molar-refractivity contribution in [3.05, 3.63) is 53.7 Å². The van der Waals surface area contributed by atoms with Crippen LogP contribution in [0.4, 0.5) is 5.82 Å². The van der Waals surface area contributed by atoms with Gasteiger partial charge in [0.15, 0.2) is 5.82 Å². The summed E-state index contributed by atoms with van der Waals surface area (Å²) in [6, 6.07) is 9.78. The smallest absolute Gasteiger partial charge is 0.257 e. The number of rotatable bonds is 4. The number of hydrogen-bond acceptors (Lipinski definition) is 7. The lowest BCUT2D eigenvalue weighted by molar-refractivity contribution is 0.422. The van der Waals surface area contributed by atoms with Crippen LogP contribution in [0, 0.1) is 0 Å². The van der Waals surface area contributed by atoms with Crippen LogP contribution in [0.25, 0.3) is 11.5 Å². The van der Waals surface area contributed by atoms with Gasteiger partial charge in [0, 0.05) is 31.1 Å². The second-order valence-corrected chi connectivity index (χ2v) is 6.11. The number of nitrogens with zero attached hydrogens (tertiary/aromatic N) is 5. The van der Waals surface area contributed by atoms with Crippen molar-refractivity contribution in [2.75, 3.05) is 25.0 Å². The monoisotopic (exact) mass is 408 g/mol. The Labute approximate surface area is 170 Å². The minimum atomic E-state index is 0. The highest BCUT2D eigenvalue weighted by Crippen LogP contribution is 2.23. The van der Waals surface area contributed by atoms with Crippen molar-refractivity contribution in [1.82, 2.24) is 25.4 Å². The second kappa shape index (κ2) is 9.64. The SMILES string of the molecule is CN(Cc1noc(-c2ccccc2)n1)c1ncnc2c1CCNCC2.Cl.Cl. The second-order valence-electron chi connectivity index (χ2n) is 6.11. The van der Waals surface area contributed by atoms with Crippen molar-refractivity contribution in [3.63, 3.8) is 0 Å². The Kier molecular flexibility index (Phi) is 7.53. The Morgan fingerprint density at radius 2 is 1.85 bits per heavy atom.